The van der Waals surface area contributed by atoms with Crippen molar-refractivity contribution in [2.24, 2.45) is 5.92 Å². The van der Waals surface area contributed by atoms with E-state index in [4.69, 9.17) is 9.47 Å². The molecular formula is C22H29N3O3. The molecule has 1 saturated heterocycles. The summed E-state index contributed by atoms with van der Waals surface area (Å²) in [6.07, 6.45) is 8.19. The van der Waals surface area contributed by atoms with Crippen LogP contribution >= 0.6 is 0 Å². The van der Waals surface area contributed by atoms with E-state index in [1.165, 1.54) is 12.8 Å². The van der Waals surface area contributed by atoms with Gasteiger partial charge in [0.15, 0.2) is 6.29 Å². The lowest BCUT2D eigenvalue weighted by Gasteiger charge is -2.29. The number of hydrogen-bond donors (Lipinski definition) is 0. The van der Waals surface area contributed by atoms with Crippen LogP contribution in [-0.2, 0) is 20.8 Å². The van der Waals surface area contributed by atoms with Gasteiger partial charge in [-0.15, -0.1) is 0 Å². The Bertz CT molecular complexity index is 747. The van der Waals surface area contributed by atoms with Crippen molar-refractivity contribution in [2.45, 2.75) is 51.4 Å². The molecule has 0 spiro atoms. The molecular weight excluding hydrogens is 354 g/mol. The van der Waals surface area contributed by atoms with E-state index in [9.17, 15) is 4.79 Å². The third-order valence-corrected chi connectivity index (χ3v) is 5.65. The number of para-hydroxylation sites is 1. The van der Waals surface area contributed by atoms with Crippen LogP contribution in [0, 0.1) is 5.92 Å². The predicted molar refractivity (Wildman–Crippen MR) is 106 cm³/mol. The van der Waals surface area contributed by atoms with Gasteiger partial charge in [-0.05, 0) is 31.0 Å². The van der Waals surface area contributed by atoms with Gasteiger partial charge in [0.05, 0.1) is 37.7 Å². The molecule has 28 heavy (non-hydrogen) atoms. The van der Waals surface area contributed by atoms with Crippen molar-refractivity contribution in [1.82, 2.24) is 14.7 Å². The molecule has 150 valence electrons. The zero-order valence-electron chi connectivity index (χ0n) is 16.3. The lowest BCUT2D eigenvalue weighted by molar-refractivity contribution is -0.143. The van der Waals surface area contributed by atoms with Gasteiger partial charge in [0, 0.05) is 12.1 Å². The maximum absolute atomic E-state index is 13.4. The predicted octanol–water partition coefficient (Wildman–Crippen LogP) is 3.54. The van der Waals surface area contributed by atoms with Crippen molar-refractivity contribution in [3.8, 4) is 5.69 Å². The summed E-state index contributed by atoms with van der Waals surface area (Å²) in [5.74, 6) is 0.332. The fraction of sp³-hybridized carbons (Fsp3) is 0.545. The summed E-state index contributed by atoms with van der Waals surface area (Å²) in [6.45, 7) is 2.17. The van der Waals surface area contributed by atoms with Crippen LogP contribution in [0.2, 0.25) is 0 Å². The van der Waals surface area contributed by atoms with Gasteiger partial charge >= 0.3 is 0 Å². The highest BCUT2D eigenvalue weighted by atomic mass is 16.7. The van der Waals surface area contributed by atoms with Crippen LogP contribution in [0.4, 0.5) is 0 Å². The quantitative estimate of drug-likeness (QED) is 0.716. The summed E-state index contributed by atoms with van der Waals surface area (Å²) >= 11 is 0. The lowest BCUT2D eigenvalue weighted by atomic mass is 9.98. The van der Waals surface area contributed by atoms with E-state index in [0.717, 1.165) is 37.1 Å². The molecule has 1 saturated carbocycles. The summed E-state index contributed by atoms with van der Waals surface area (Å²) in [5.41, 5.74) is 1.99. The molecule has 2 heterocycles. The van der Waals surface area contributed by atoms with Crippen LogP contribution in [0.25, 0.3) is 5.69 Å². The van der Waals surface area contributed by atoms with Crippen LogP contribution in [0.1, 0.15) is 44.2 Å². The maximum Gasteiger partial charge on any atom is 0.226 e. The number of carbonyl (C=O) groups excluding carboxylic acids is 1. The molecule has 0 bridgehead atoms. The molecule has 1 amide bonds. The average molecular weight is 383 g/mol. The van der Waals surface area contributed by atoms with Crippen molar-refractivity contribution in [3.63, 3.8) is 0 Å². The molecule has 0 atom stereocenters. The Morgan fingerprint density at radius 3 is 2.46 bits per heavy atom. The van der Waals surface area contributed by atoms with Crippen molar-refractivity contribution in [3.05, 3.63) is 48.3 Å². The molecule has 1 aromatic heterocycles. The van der Waals surface area contributed by atoms with E-state index in [-0.39, 0.29) is 18.1 Å². The largest absolute Gasteiger partial charge is 0.348 e. The summed E-state index contributed by atoms with van der Waals surface area (Å²) in [6, 6.07) is 12.0. The molecule has 6 heteroatoms. The standard InChI is InChI=1S/C22H29N3O3/c26-22(18-8-4-1-2-5-9-18)24(17-21-27-14-15-28-21)16-20-12-13-23-25(20)19-10-6-3-7-11-19/h3,6-7,10-13,18,21H,1-2,4-5,8-9,14-17H2. The highest BCUT2D eigenvalue weighted by Crippen LogP contribution is 2.26. The second-order valence-corrected chi connectivity index (χ2v) is 7.65. The number of rotatable bonds is 6. The van der Waals surface area contributed by atoms with Crippen molar-refractivity contribution in [2.75, 3.05) is 19.8 Å². The Labute approximate surface area is 166 Å². The fourth-order valence-corrected chi connectivity index (χ4v) is 4.16. The molecule has 0 radical (unpaired) electrons. The van der Waals surface area contributed by atoms with Gasteiger partial charge in [0.2, 0.25) is 5.91 Å². The van der Waals surface area contributed by atoms with Crippen LogP contribution in [0.3, 0.4) is 0 Å². The van der Waals surface area contributed by atoms with E-state index in [1.807, 2.05) is 46.0 Å². The Kier molecular flexibility index (Phi) is 6.39. The first-order valence-electron chi connectivity index (χ1n) is 10.4. The SMILES string of the molecule is O=C(C1CCCCCC1)N(Cc1ccnn1-c1ccccc1)CC1OCCO1. The smallest absolute Gasteiger partial charge is 0.226 e. The minimum Gasteiger partial charge on any atom is -0.348 e. The second kappa shape index (κ2) is 9.34. The average Bonchev–Trinajstić information content (AvgIpc) is 3.33. The minimum atomic E-state index is -0.331. The van der Waals surface area contributed by atoms with Crippen molar-refractivity contribution < 1.29 is 14.3 Å². The minimum absolute atomic E-state index is 0.108. The second-order valence-electron chi connectivity index (χ2n) is 7.65. The number of ether oxygens (including phenoxy) is 2. The Morgan fingerprint density at radius 2 is 1.75 bits per heavy atom. The zero-order chi connectivity index (χ0) is 19.2. The highest BCUT2D eigenvalue weighted by Gasteiger charge is 2.29. The Hall–Kier alpha value is -2.18. The molecule has 0 N–H and O–H groups in total. The van der Waals surface area contributed by atoms with Crippen LogP contribution < -0.4 is 0 Å². The first-order chi connectivity index (χ1) is 13.8. The number of benzene rings is 1. The third-order valence-electron chi connectivity index (χ3n) is 5.65. The van der Waals surface area contributed by atoms with E-state index in [2.05, 4.69) is 5.10 Å². The highest BCUT2D eigenvalue weighted by molar-refractivity contribution is 5.78. The number of carbonyl (C=O) groups is 1. The number of aromatic nitrogens is 2. The van der Waals surface area contributed by atoms with Gasteiger partial charge in [-0.2, -0.15) is 5.10 Å². The van der Waals surface area contributed by atoms with Gasteiger partial charge in [0.25, 0.3) is 0 Å². The van der Waals surface area contributed by atoms with Crippen molar-refractivity contribution >= 4 is 5.91 Å². The third kappa shape index (κ3) is 4.62. The maximum atomic E-state index is 13.4. The summed E-state index contributed by atoms with van der Waals surface area (Å²) in [4.78, 5) is 15.3. The van der Waals surface area contributed by atoms with E-state index >= 15 is 0 Å². The Balaban J connectivity index is 1.54. The normalized spacial score (nSPS) is 18.9. The number of nitrogens with zero attached hydrogens (tertiary/aromatic N) is 3. The molecule has 1 aromatic carbocycles. The van der Waals surface area contributed by atoms with Gasteiger partial charge in [0.1, 0.15) is 0 Å². The van der Waals surface area contributed by atoms with E-state index < -0.39 is 0 Å². The zero-order valence-corrected chi connectivity index (χ0v) is 16.3. The van der Waals surface area contributed by atoms with Gasteiger partial charge in [-0.25, -0.2) is 4.68 Å². The van der Waals surface area contributed by atoms with E-state index in [0.29, 0.717) is 26.3 Å². The summed E-state index contributed by atoms with van der Waals surface area (Å²) in [5, 5.41) is 4.47. The molecule has 2 fully saturated rings. The number of hydrogen-bond acceptors (Lipinski definition) is 4. The van der Waals surface area contributed by atoms with Gasteiger partial charge < -0.3 is 14.4 Å². The molecule has 1 aliphatic heterocycles. The first kappa shape index (κ1) is 19.2. The van der Waals surface area contributed by atoms with Crippen LogP contribution in [0.15, 0.2) is 42.6 Å². The molecule has 2 aromatic rings. The molecule has 0 unspecified atom stereocenters. The lowest BCUT2D eigenvalue weighted by Crippen LogP contribution is -2.41. The topological polar surface area (TPSA) is 56.6 Å². The van der Waals surface area contributed by atoms with Crippen LogP contribution in [-0.4, -0.2) is 46.6 Å². The first-order valence-corrected chi connectivity index (χ1v) is 10.4. The summed E-state index contributed by atoms with van der Waals surface area (Å²) in [7, 11) is 0. The van der Waals surface area contributed by atoms with E-state index in [1.54, 1.807) is 6.20 Å². The molecule has 4 rings (SSSR count). The fourth-order valence-electron chi connectivity index (χ4n) is 4.16. The van der Waals surface area contributed by atoms with Crippen LogP contribution in [0.5, 0.6) is 0 Å². The number of amides is 1. The van der Waals surface area contributed by atoms with Gasteiger partial charge in [-0.1, -0.05) is 43.9 Å². The van der Waals surface area contributed by atoms with Gasteiger partial charge in [-0.3, -0.25) is 4.79 Å². The molecule has 2 aliphatic rings. The molecule has 6 nitrogen and oxygen atoms in total. The monoisotopic (exact) mass is 383 g/mol. The van der Waals surface area contributed by atoms with Crippen molar-refractivity contribution in [1.29, 1.82) is 0 Å². The Morgan fingerprint density at radius 1 is 1.04 bits per heavy atom. The summed E-state index contributed by atoms with van der Waals surface area (Å²) < 4.78 is 13.2. The molecule has 1 aliphatic carbocycles.